The molecule has 9 heteroatoms. The molecule has 8 nitrogen and oxygen atoms in total. The molecule has 0 radical (unpaired) electrons. The summed E-state index contributed by atoms with van der Waals surface area (Å²) < 4.78 is 20.3. The monoisotopic (exact) mass is 241 g/mol. The molecule has 0 amide bonds. The van der Waals surface area contributed by atoms with Crippen LogP contribution in [0.25, 0.3) is 0 Å². The van der Waals surface area contributed by atoms with Crippen LogP contribution in [0.2, 0.25) is 0 Å². The van der Waals surface area contributed by atoms with Crippen molar-refractivity contribution in [3.8, 4) is 0 Å². The second-order valence-electron chi connectivity index (χ2n) is 2.48. The first-order valence-electron chi connectivity index (χ1n) is 3.78. The predicted molar refractivity (Wildman–Crippen MR) is 48.4 cm³/mol. The fraction of sp³-hybridized carbons (Fsp3) is 0.667. The molecule has 15 heavy (non-hydrogen) atoms. The lowest BCUT2D eigenvalue weighted by Crippen LogP contribution is -2.37. The van der Waals surface area contributed by atoms with Crippen molar-refractivity contribution in [1.82, 2.24) is 5.09 Å². The summed E-state index contributed by atoms with van der Waals surface area (Å²) in [4.78, 5) is 20.9. The number of carboxylic acid groups (broad SMARTS) is 2. The van der Waals surface area contributed by atoms with Crippen LogP contribution in [0.4, 0.5) is 0 Å². The number of carbonyl (C=O) groups is 2. The van der Waals surface area contributed by atoms with Gasteiger partial charge >= 0.3 is 19.7 Å². The first-order chi connectivity index (χ1) is 6.84. The molecule has 0 fully saturated rings. The van der Waals surface area contributed by atoms with Crippen LogP contribution in [0.5, 0.6) is 0 Å². The van der Waals surface area contributed by atoms with E-state index in [9.17, 15) is 14.2 Å². The molecule has 88 valence electrons. The standard InChI is InChI=1S/C6H12NO7P/c1-13-15(12,14-2)7-4(6(10)11)3-5(8)9/h4H,3H2,1-2H3,(H,7,12)(H,8,9)(H,10,11)/t4-/m0/s1. The highest BCUT2D eigenvalue weighted by atomic mass is 31.2. The molecule has 0 spiro atoms. The lowest BCUT2D eigenvalue weighted by molar-refractivity contribution is -0.145. The average molecular weight is 241 g/mol. The van der Waals surface area contributed by atoms with E-state index in [1.54, 1.807) is 0 Å². The number of nitrogens with one attached hydrogen (secondary N) is 1. The van der Waals surface area contributed by atoms with Gasteiger partial charge in [-0.25, -0.2) is 9.65 Å². The highest BCUT2D eigenvalue weighted by Gasteiger charge is 2.31. The van der Waals surface area contributed by atoms with Gasteiger partial charge in [0.25, 0.3) is 0 Å². The van der Waals surface area contributed by atoms with Gasteiger partial charge in [-0.15, -0.1) is 0 Å². The van der Waals surface area contributed by atoms with Crippen LogP contribution in [0.1, 0.15) is 6.42 Å². The minimum Gasteiger partial charge on any atom is -0.481 e. The molecule has 0 aromatic carbocycles. The van der Waals surface area contributed by atoms with Crippen molar-refractivity contribution in [1.29, 1.82) is 0 Å². The number of rotatable bonds is 7. The zero-order chi connectivity index (χ0) is 12.1. The SMILES string of the molecule is COP(=O)(N[C@@H](CC(=O)O)C(=O)O)OC. The Morgan fingerprint density at radius 2 is 1.80 bits per heavy atom. The third-order valence-corrected chi connectivity index (χ3v) is 3.06. The molecule has 1 atom stereocenters. The van der Waals surface area contributed by atoms with Gasteiger partial charge in [-0.2, -0.15) is 0 Å². The van der Waals surface area contributed by atoms with Crippen molar-refractivity contribution < 1.29 is 33.4 Å². The summed E-state index contributed by atoms with van der Waals surface area (Å²) in [6.07, 6.45) is -0.730. The van der Waals surface area contributed by atoms with Gasteiger partial charge in [0.2, 0.25) is 0 Å². The lowest BCUT2D eigenvalue weighted by atomic mass is 10.2. The number of hydrogen-bond donors (Lipinski definition) is 3. The molecular weight excluding hydrogens is 229 g/mol. The summed E-state index contributed by atoms with van der Waals surface area (Å²) >= 11 is 0. The van der Waals surface area contributed by atoms with Crippen LogP contribution in [0.15, 0.2) is 0 Å². The van der Waals surface area contributed by atoms with Gasteiger partial charge in [-0.3, -0.25) is 9.59 Å². The third-order valence-electron chi connectivity index (χ3n) is 1.47. The van der Waals surface area contributed by atoms with Crippen molar-refractivity contribution in [2.24, 2.45) is 0 Å². The topological polar surface area (TPSA) is 122 Å². The average Bonchev–Trinajstić information content (AvgIpc) is 2.16. The maximum absolute atomic E-state index is 11.4. The van der Waals surface area contributed by atoms with Crippen LogP contribution in [0.3, 0.4) is 0 Å². The van der Waals surface area contributed by atoms with Gasteiger partial charge < -0.3 is 19.3 Å². The maximum Gasteiger partial charge on any atom is 0.405 e. The fourth-order valence-corrected chi connectivity index (χ4v) is 1.68. The van der Waals surface area contributed by atoms with E-state index in [-0.39, 0.29) is 0 Å². The predicted octanol–water partition coefficient (Wildman–Crippen LogP) is -0.0952. The largest absolute Gasteiger partial charge is 0.481 e. The molecule has 0 unspecified atom stereocenters. The van der Waals surface area contributed by atoms with Gasteiger partial charge in [0.05, 0.1) is 6.42 Å². The second kappa shape index (κ2) is 5.82. The van der Waals surface area contributed by atoms with Crippen molar-refractivity contribution in [2.75, 3.05) is 14.2 Å². The molecular formula is C6H12NO7P. The highest BCUT2D eigenvalue weighted by molar-refractivity contribution is 7.51. The first-order valence-corrected chi connectivity index (χ1v) is 5.33. The molecule has 0 saturated heterocycles. The molecule has 0 heterocycles. The Bertz CT molecular complexity index is 283. The van der Waals surface area contributed by atoms with Crippen molar-refractivity contribution in [3.05, 3.63) is 0 Å². The third kappa shape index (κ3) is 4.89. The minimum absolute atomic E-state index is 0.730. The fourth-order valence-electron chi connectivity index (χ4n) is 0.734. The smallest absolute Gasteiger partial charge is 0.405 e. The van der Waals surface area contributed by atoms with E-state index >= 15 is 0 Å². The Morgan fingerprint density at radius 3 is 2.07 bits per heavy atom. The zero-order valence-electron chi connectivity index (χ0n) is 8.17. The zero-order valence-corrected chi connectivity index (χ0v) is 9.06. The molecule has 0 aliphatic rings. The van der Waals surface area contributed by atoms with Gasteiger partial charge in [-0.1, -0.05) is 0 Å². The van der Waals surface area contributed by atoms with Gasteiger partial charge in [0, 0.05) is 14.2 Å². The van der Waals surface area contributed by atoms with Crippen LogP contribution >= 0.6 is 7.75 Å². The molecule has 0 aliphatic carbocycles. The van der Waals surface area contributed by atoms with Gasteiger partial charge in [0.1, 0.15) is 6.04 Å². The van der Waals surface area contributed by atoms with Gasteiger partial charge in [-0.05, 0) is 0 Å². The second-order valence-corrected chi connectivity index (χ2v) is 4.46. The van der Waals surface area contributed by atoms with Crippen LogP contribution in [-0.2, 0) is 23.2 Å². The van der Waals surface area contributed by atoms with E-state index in [4.69, 9.17) is 10.2 Å². The van der Waals surface area contributed by atoms with E-state index in [1.165, 1.54) is 0 Å². The van der Waals surface area contributed by atoms with Crippen LogP contribution in [0, 0.1) is 0 Å². The normalized spacial score (nSPS) is 13.5. The molecule has 0 saturated carbocycles. The number of carboxylic acids is 2. The van der Waals surface area contributed by atoms with Crippen molar-refractivity contribution in [2.45, 2.75) is 12.5 Å². The van der Waals surface area contributed by atoms with Crippen LogP contribution in [-0.4, -0.2) is 42.4 Å². The molecule has 0 aliphatic heterocycles. The Labute approximate surface area is 85.8 Å². The summed E-state index contributed by atoms with van der Waals surface area (Å²) in [6, 6.07) is -1.53. The summed E-state index contributed by atoms with van der Waals surface area (Å²) in [6.45, 7) is 0. The maximum atomic E-state index is 11.4. The highest BCUT2D eigenvalue weighted by Crippen LogP contribution is 2.42. The Hall–Kier alpha value is -0.950. The summed E-state index contributed by atoms with van der Waals surface area (Å²) in [5.41, 5.74) is 0. The van der Waals surface area contributed by atoms with Crippen molar-refractivity contribution >= 4 is 19.7 Å². The molecule has 0 aromatic heterocycles. The number of hydrogen-bond acceptors (Lipinski definition) is 5. The van der Waals surface area contributed by atoms with E-state index < -0.39 is 32.1 Å². The lowest BCUT2D eigenvalue weighted by Gasteiger charge is -2.18. The molecule has 0 aromatic rings. The van der Waals surface area contributed by atoms with E-state index in [1.807, 2.05) is 5.09 Å². The number of aliphatic carboxylic acids is 2. The summed E-state index contributed by atoms with van der Waals surface area (Å²) in [7, 11) is -1.64. The van der Waals surface area contributed by atoms with Crippen LogP contribution < -0.4 is 5.09 Å². The molecule has 3 N–H and O–H groups in total. The van der Waals surface area contributed by atoms with E-state index in [0.29, 0.717) is 0 Å². The first kappa shape index (κ1) is 14.1. The molecule has 0 rings (SSSR count). The summed E-state index contributed by atoms with van der Waals surface area (Å²) in [5.74, 6) is -2.79. The minimum atomic E-state index is -3.74. The quantitative estimate of drug-likeness (QED) is 0.528. The van der Waals surface area contributed by atoms with E-state index in [0.717, 1.165) is 14.2 Å². The van der Waals surface area contributed by atoms with Gasteiger partial charge in [0.15, 0.2) is 0 Å². The Balaban J connectivity index is 4.60. The summed E-state index contributed by atoms with van der Waals surface area (Å²) in [5, 5.41) is 19.0. The van der Waals surface area contributed by atoms with Crippen molar-refractivity contribution in [3.63, 3.8) is 0 Å². The Kier molecular flexibility index (Phi) is 5.45. The molecule has 0 bridgehead atoms. The van der Waals surface area contributed by atoms with E-state index in [2.05, 4.69) is 9.05 Å². The Morgan fingerprint density at radius 1 is 1.33 bits per heavy atom.